The van der Waals surface area contributed by atoms with Crippen LogP contribution in [0.5, 0.6) is 0 Å². The lowest BCUT2D eigenvalue weighted by atomic mass is 10.1. The summed E-state index contributed by atoms with van der Waals surface area (Å²) in [7, 11) is 1.39. The monoisotopic (exact) mass is 269 g/mol. The van der Waals surface area contributed by atoms with Gasteiger partial charge in [0.15, 0.2) is 0 Å². The molecule has 2 aromatic rings. The number of benzene rings is 2. The highest BCUT2D eigenvalue weighted by Crippen LogP contribution is 2.12. The van der Waals surface area contributed by atoms with Crippen molar-refractivity contribution in [3.05, 3.63) is 65.2 Å². The maximum absolute atomic E-state index is 11.3. The first kappa shape index (κ1) is 14.1. The molecule has 104 valence electrons. The number of carbonyl (C=O) groups excluding carboxylic acids is 1. The van der Waals surface area contributed by atoms with Crippen LogP contribution in [0.2, 0.25) is 0 Å². The average molecular weight is 269 g/mol. The zero-order valence-electron chi connectivity index (χ0n) is 11.8. The van der Waals surface area contributed by atoms with Crippen LogP contribution >= 0.6 is 0 Å². The molecule has 0 saturated carbocycles. The highest BCUT2D eigenvalue weighted by Gasteiger charge is 2.04. The second-order valence-corrected chi connectivity index (χ2v) is 4.59. The molecule has 0 heterocycles. The molecule has 0 fully saturated rings. The minimum atomic E-state index is -0.306. The van der Waals surface area contributed by atoms with Crippen LogP contribution in [0.4, 0.5) is 5.69 Å². The van der Waals surface area contributed by atoms with E-state index in [-0.39, 0.29) is 5.97 Å². The van der Waals surface area contributed by atoms with E-state index in [9.17, 15) is 4.79 Å². The summed E-state index contributed by atoms with van der Waals surface area (Å²) in [6, 6.07) is 15.8. The molecule has 20 heavy (non-hydrogen) atoms. The number of hydrogen-bond acceptors (Lipinski definition) is 3. The Morgan fingerprint density at radius 3 is 2.15 bits per heavy atom. The molecule has 2 rings (SSSR count). The van der Waals surface area contributed by atoms with Crippen LogP contribution in [-0.2, 0) is 17.7 Å². The Balaban J connectivity index is 1.94. The van der Waals surface area contributed by atoms with Crippen LogP contribution in [0.1, 0.15) is 28.4 Å². The Morgan fingerprint density at radius 1 is 1.00 bits per heavy atom. The summed E-state index contributed by atoms with van der Waals surface area (Å²) in [5.74, 6) is -0.306. The van der Waals surface area contributed by atoms with E-state index in [0.29, 0.717) is 5.56 Å². The number of anilines is 1. The molecular weight excluding hydrogens is 250 g/mol. The molecule has 1 N–H and O–H groups in total. The van der Waals surface area contributed by atoms with Crippen molar-refractivity contribution in [3.8, 4) is 0 Å². The number of carbonyl (C=O) groups is 1. The molecular formula is C17H19NO2. The van der Waals surface area contributed by atoms with Gasteiger partial charge in [-0.15, -0.1) is 0 Å². The fourth-order valence-corrected chi connectivity index (χ4v) is 1.94. The second kappa shape index (κ2) is 6.75. The minimum Gasteiger partial charge on any atom is -0.465 e. The fourth-order valence-electron chi connectivity index (χ4n) is 1.94. The maximum Gasteiger partial charge on any atom is 0.337 e. The number of methoxy groups -OCH3 is 1. The van der Waals surface area contributed by atoms with Crippen molar-refractivity contribution >= 4 is 11.7 Å². The van der Waals surface area contributed by atoms with Crippen LogP contribution in [0.3, 0.4) is 0 Å². The molecule has 0 aliphatic carbocycles. The lowest BCUT2D eigenvalue weighted by Gasteiger charge is -2.08. The number of ether oxygens (including phenoxy) is 1. The van der Waals surface area contributed by atoms with E-state index in [4.69, 9.17) is 0 Å². The summed E-state index contributed by atoms with van der Waals surface area (Å²) in [5.41, 5.74) is 4.12. The zero-order valence-corrected chi connectivity index (χ0v) is 11.8. The van der Waals surface area contributed by atoms with Gasteiger partial charge in [-0.05, 0) is 41.8 Å². The summed E-state index contributed by atoms with van der Waals surface area (Å²) >= 11 is 0. The molecule has 3 nitrogen and oxygen atoms in total. The lowest BCUT2D eigenvalue weighted by molar-refractivity contribution is 0.0600. The van der Waals surface area contributed by atoms with Gasteiger partial charge in [-0.2, -0.15) is 0 Å². The first-order valence-corrected chi connectivity index (χ1v) is 6.73. The third-order valence-electron chi connectivity index (χ3n) is 3.23. The summed E-state index contributed by atoms with van der Waals surface area (Å²) in [6.45, 7) is 2.87. The second-order valence-electron chi connectivity index (χ2n) is 4.59. The molecule has 0 amide bonds. The smallest absolute Gasteiger partial charge is 0.337 e. The number of aryl methyl sites for hydroxylation is 1. The van der Waals surface area contributed by atoms with Gasteiger partial charge in [0.05, 0.1) is 12.7 Å². The molecule has 0 radical (unpaired) electrons. The van der Waals surface area contributed by atoms with E-state index >= 15 is 0 Å². The molecule has 2 aromatic carbocycles. The van der Waals surface area contributed by atoms with Gasteiger partial charge in [0.1, 0.15) is 0 Å². The van der Waals surface area contributed by atoms with Crippen LogP contribution < -0.4 is 5.32 Å². The summed E-state index contributed by atoms with van der Waals surface area (Å²) in [4.78, 5) is 11.3. The van der Waals surface area contributed by atoms with Gasteiger partial charge in [-0.3, -0.25) is 0 Å². The molecule has 0 saturated heterocycles. The van der Waals surface area contributed by atoms with E-state index < -0.39 is 0 Å². The van der Waals surface area contributed by atoms with Crippen molar-refractivity contribution in [2.24, 2.45) is 0 Å². The topological polar surface area (TPSA) is 38.3 Å². The lowest BCUT2D eigenvalue weighted by Crippen LogP contribution is -2.03. The Labute approximate surface area is 119 Å². The van der Waals surface area contributed by atoms with Crippen LogP contribution in [0, 0.1) is 0 Å². The molecule has 0 spiro atoms. The molecule has 0 aromatic heterocycles. The predicted molar refractivity (Wildman–Crippen MR) is 80.9 cm³/mol. The Morgan fingerprint density at radius 2 is 1.60 bits per heavy atom. The van der Waals surface area contributed by atoms with Crippen LogP contribution in [0.15, 0.2) is 48.5 Å². The van der Waals surface area contributed by atoms with Gasteiger partial charge >= 0.3 is 5.97 Å². The zero-order chi connectivity index (χ0) is 14.4. The first-order valence-electron chi connectivity index (χ1n) is 6.73. The third-order valence-corrected chi connectivity index (χ3v) is 3.23. The summed E-state index contributed by atoms with van der Waals surface area (Å²) in [6.07, 6.45) is 1.05. The quantitative estimate of drug-likeness (QED) is 0.842. The van der Waals surface area contributed by atoms with Crippen molar-refractivity contribution in [2.75, 3.05) is 12.4 Å². The number of hydrogen-bond donors (Lipinski definition) is 1. The molecule has 0 atom stereocenters. The van der Waals surface area contributed by atoms with Crippen molar-refractivity contribution in [1.82, 2.24) is 0 Å². The van der Waals surface area contributed by atoms with Gasteiger partial charge in [-0.25, -0.2) is 4.79 Å². The Hall–Kier alpha value is -2.29. The standard InChI is InChI=1S/C17H19NO2/c1-3-13-6-10-16(11-7-13)18-12-14-4-8-15(9-5-14)17(19)20-2/h4-11,18H,3,12H2,1-2H3. The van der Waals surface area contributed by atoms with Crippen molar-refractivity contribution in [1.29, 1.82) is 0 Å². The van der Waals surface area contributed by atoms with Gasteiger partial charge in [0.2, 0.25) is 0 Å². The molecule has 3 heteroatoms. The number of esters is 1. The van der Waals surface area contributed by atoms with Gasteiger partial charge in [-0.1, -0.05) is 31.2 Å². The first-order chi connectivity index (χ1) is 9.72. The minimum absolute atomic E-state index is 0.306. The SMILES string of the molecule is CCc1ccc(NCc2ccc(C(=O)OC)cc2)cc1. The highest BCUT2D eigenvalue weighted by molar-refractivity contribution is 5.89. The number of rotatable bonds is 5. The van der Waals surface area contributed by atoms with E-state index in [1.807, 2.05) is 12.1 Å². The largest absolute Gasteiger partial charge is 0.465 e. The van der Waals surface area contributed by atoms with Gasteiger partial charge in [0, 0.05) is 12.2 Å². The third kappa shape index (κ3) is 3.60. The highest BCUT2D eigenvalue weighted by atomic mass is 16.5. The van der Waals surface area contributed by atoms with E-state index in [0.717, 1.165) is 24.2 Å². The summed E-state index contributed by atoms with van der Waals surface area (Å²) in [5, 5.41) is 3.36. The molecule has 0 bridgehead atoms. The summed E-state index contributed by atoms with van der Waals surface area (Å²) < 4.78 is 4.67. The van der Waals surface area contributed by atoms with Crippen molar-refractivity contribution < 1.29 is 9.53 Å². The molecule has 0 unspecified atom stereocenters. The van der Waals surface area contributed by atoms with Crippen LogP contribution in [-0.4, -0.2) is 13.1 Å². The molecule has 0 aliphatic rings. The van der Waals surface area contributed by atoms with Crippen LogP contribution in [0.25, 0.3) is 0 Å². The van der Waals surface area contributed by atoms with E-state index in [1.165, 1.54) is 12.7 Å². The van der Waals surface area contributed by atoms with E-state index in [2.05, 4.69) is 41.2 Å². The Bertz CT molecular complexity index is 559. The van der Waals surface area contributed by atoms with Crippen molar-refractivity contribution in [3.63, 3.8) is 0 Å². The van der Waals surface area contributed by atoms with Crippen molar-refractivity contribution in [2.45, 2.75) is 19.9 Å². The average Bonchev–Trinajstić information content (AvgIpc) is 2.53. The normalized spacial score (nSPS) is 10.1. The van der Waals surface area contributed by atoms with Gasteiger partial charge in [0.25, 0.3) is 0 Å². The Kier molecular flexibility index (Phi) is 4.77. The van der Waals surface area contributed by atoms with Gasteiger partial charge < -0.3 is 10.1 Å². The predicted octanol–water partition coefficient (Wildman–Crippen LogP) is 3.65. The molecule has 0 aliphatic heterocycles. The fraction of sp³-hybridized carbons (Fsp3) is 0.235. The number of nitrogens with one attached hydrogen (secondary N) is 1. The maximum atomic E-state index is 11.3. The van der Waals surface area contributed by atoms with E-state index in [1.54, 1.807) is 12.1 Å².